The molecule has 0 spiro atoms. The van der Waals surface area contributed by atoms with E-state index in [1.165, 1.54) is 4.31 Å². The molecule has 148 valence electrons. The van der Waals surface area contributed by atoms with Crippen LogP contribution in [0.15, 0.2) is 83.8 Å². The number of hydrogen-bond donors (Lipinski definition) is 1. The summed E-state index contributed by atoms with van der Waals surface area (Å²) in [6.45, 7) is 2.31. The van der Waals surface area contributed by atoms with Crippen molar-refractivity contribution < 1.29 is 13.2 Å². The van der Waals surface area contributed by atoms with Gasteiger partial charge < -0.3 is 5.32 Å². The summed E-state index contributed by atoms with van der Waals surface area (Å²) in [4.78, 5) is 13.0. The number of amides is 1. The Hall–Kier alpha value is -3.12. The van der Waals surface area contributed by atoms with Gasteiger partial charge in [-0.2, -0.15) is 0 Å². The van der Waals surface area contributed by atoms with Gasteiger partial charge in [-0.3, -0.25) is 9.10 Å². The fourth-order valence-electron chi connectivity index (χ4n) is 3.59. The van der Waals surface area contributed by atoms with E-state index in [-0.39, 0.29) is 16.8 Å². The lowest BCUT2D eigenvalue weighted by Gasteiger charge is -2.20. The first-order valence-corrected chi connectivity index (χ1v) is 11.0. The van der Waals surface area contributed by atoms with Gasteiger partial charge in [0.05, 0.1) is 16.6 Å². The Morgan fingerprint density at radius 3 is 2.31 bits per heavy atom. The summed E-state index contributed by atoms with van der Waals surface area (Å²) in [6.07, 6.45) is 0.580. The largest absolute Gasteiger partial charge is 0.346 e. The van der Waals surface area contributed by atoms with E-state index >= 15 is 0 Å². The number of sulfonamides is 1. The van der Waals surface area contributed by atoms with E-state index in [0.29, 0.717) is 24.2 Å². The number of hydrogen-bond acceptors (Lipinski definition) is 3. The van der Waals surface area contributed by atoms with Crippen LogP contribution in [0.2, 0.25) is 0 Å². The van der Waals surface area contributed by atoms with Crippen molar-refractivity contribution in [2.45, 2.75) is 24.3 Å². The van der Waals surface area contributed by atoms with Gasteiger partial charge in [0.1, 0.15) is 0 Å². The number of benzene rings is 3. The minimum absolute atomic E-state index is 0.119. The summed E-state index contributed by atoms with van der Waals surface area (Å²) in [5.41, 5.74) is 3.07. The van der Waals surface area contributed by atoms with Crippen LogP contribution in [0.5, 0.6) is 0 Å². The lowest BCUT2D eigenvalue weighted by atomic mass is 10.1. The zero-order valence-corrected chi connectivity index (χ0v) is 16.9. The molecule has 1 amide bonds. The first-order chi connectivity index (χ1) is 14.0. The fraction of sp³-hybridized carbons (Fsp3) is 0.174. The smallest absolute Gasteiger partial charge is 0.264 e. The summed E-state index contributed by atoms with van der Waals surface area (Å²) >= 11 is 0. The molecule has 6 heteroatoms. The molecule has 1 aliphatic rings. The molecule has 0 aromatic heterocycles. The summed E-state index contributed by atoms with van der Waals surface area (Å²) in [5, 5.41) is 3.00. The number of rotatable bonds is 5. The summed E-state index contributed by atoms with van der Waals surface area (Å²) in [7, 11) is -3.61. The Balaban J connectivity index is 1.55. The van der Waals surface area contributed by atoms with E-state index in [1.807, 2.05) is 37.3 Å². The molecule has 0 bridgehead atoms. The second-order valence-corrected chi connectivity index (χ2v) is 8.95. The Kier molecular flexibility index (Phi) is 5.11. The summed E-state index contributed by atoms with van der Waals surface area (Å²) < 4.78 is 27.4. The normalized spacial score (nSPS) is 14.3. The molecule has 4 rings (SSSR count). The lowest BCUT2D eigenvalue weighted by molar-refractivity contribution is 0.0940. The summed E-state index contributed by atoms with van der Waals surface area (Å²) in [6, 6.07) is 23.3. The van der Waals surface area contributed by atoms with Crippen molar-refractivity contribution in [3.05, 3.63) is 95.6 Å². The van der Waals surface area contributed by atoms with Gasteiger partial charge in [-0.1, -0.05) is 48.5 Å². The van der Waals surface area contributed by atoms with Gasteiger partial charge in [0.25, 0.3) is 15.9 Å². The minimum atomic E-state index is -3.61. The van der Waals surface area contributed by atoms with Crippen LogP contribution in [0.4, 0.5) is 5.69 Å². The molecule has 0 radical (unpaired) electrons. The molecule has 0 saturated carbocycles. The van der Waals surface area contributed by atoms with Crippen LogP contribution in [-0.2, 0) is 16.4 Å². The zero-order valence-electron chi connectivity index (χ0n) is 16.1. The number of anilines is 1. The molecular weight excluding hydrogens is 384 g/mol. The Morgan fingerprint density at radius 1 is 0.966 bits per heavy atom. The standard InChI is InChI=1S/C23H22N2O3S/c1-17(18-8-4-2-5-9-18)24-23(26)20-12-13-22-19(16-20)14-15-25(22)29(27,28)21-10-6-3-7-11-21/h2-13,16-17H,14-15H2,1H3,(H,24,26)/t17-/m0/s1. The van der Waals surface area contributed by atoms with Crippen molar-refractivity contribution in [2.75, 3.05) is 10.8 Å². The van der Waals surface area contributed by atoms with Crippen LogP contribution in [0.1, 0.15) is 34.5 Å². The highest BCUT2D eigenvalue weighted by Crippen LogP contribution is 2.33. The van der Waals surface area contributed by atoms with Crippen LogP contribution in [-0.4, -0.2) is 20.9 Å². The third kappa shape index (κ3) is 3.76. The first kappa shape index (κ1) is 19.2. The number of fused-ring (bicyclic) bond motifs is 1. The molecule has 0 aliphatic carbocycles. The predicted octanol–water partition coefficient (Wildman–Crippen LogP) is 3.93. The highest BCUT2D eigenvalue weighted by molar-refractivity contribution is 7.92. The highest BCUT2D eigenvalue weighted by atomic mass is 32.2. The van der Waals surface area contributed by atoms with Crippen LogP contribution < -0.4 is 9.62 Å². The second kappa shape index (κ2) is 7.72. The van der Waals surface area contributed by atoms with E-state index in [1.54, 1.807) is 48.5 Å². The van der Waals surface area contributed by atoms with Crippen molar-refractivity contribution in [3.63, 3.8) is 0 Å². The fourth-order valence-corrected chi connectivity index (χ4v) is 5.11. The highest BCUT2D eigenvalue weighted by Gasteiger charge is 2.31. The number of carbonyl (C=O) groups is 1. The van der Waals surface area contributed by atoms with Crippen LogP contribution in [0.3, 0.4) is 0 Å². The van der Waals surface area contributed by atoms with Gasteiger partial charge in [0, 0.05) is 12.1 Å². The molecule has 1 atom stereocenters. The quantitative estimate of drug-likeness (QED) is 0.698. The molecule has 0 unspecified atom stereocenters. The zero-order chi connectivity index (χ0) is 20.4. The van der Waals surface area contributed by atoms with Crippen molar-refractivity contribution in [2.24, 2.45) is 0 Å². The van der Waals surface area contributed by atoms with E-state index < -0.39 is 10.0 Å². The molecule has 0 saturated heterocycles. The van der Waals surface area contributed by atoms with Crippen molar-refractivity contribution in [1.29, 1.82) is 0 Å². The van der Waals surface area contributed by atoms with Crippen LogP contribution in [0.25, 0.3) is 0 Å². The van der Waals surface area contributed by atoms with Gasteiger partial charge in [-0.15, -0.1) is 0 Å². The van der Waals surface area contributed by atoms with E-state index in [9.17, 15) is 13.2 Å². The predicted molar refractivity (Wildman–Crippen MR) is 113 cm³/mol. The van der Waals surface area contributed by atoms with Crippen molar-refractivity contribution >= 4 is 21.6 Å². The van der Waals surface area contributed by atoms with Gasteiger partial charge in [0.15, 0.2) is 0 Å². The maximum absolute atomic E-state index is 13.0. The van der Waals surface area contributed by atoms with Crippen molar-refractivity contribution in [1.82, 2.24) is 5.32 Å². The maximum atomic E-state index is 13.0. The average Bonchev–Trinajstić information content (AvgIpc) is 3.19. The SMILES string of the molecule is C[C@H](NC(=O)c1ccc2c(c1)CCN2S(=O)(=O)c1ccccc1)c1ccccc1. The molecule has 29 heavy (non-hydrogen) atoms. The third-order valence-corrected chi connectivity index (χ3v) is 7.00. The Labute approximate surface area is 171 Å². The number of nitrogens with one attached hydrogen (secondary N) is 1. The van der Waals surface area contributed by atoms with Crippen LogP contribution >= 0.6 is 0 Å². The Morgan fingerprint density at radius 2 is 1.62 bits per heavy atom. The van der Waals surface area contributed by atoms with E-state index in [2.05, 4.69) is 5.32 Å². The van der Waals surface area contributed by atoms with Gasteiger partial charge in [-0.05, 0) is 54.8 Å². The van der Waals surface area contributed by atoms with Gasteiger partial charge in [-0.25, -0.2) is 8.42 Å². The molecule has 3 aromatic rings. The minimum Gasteiger partial charge on any atom is -0.346 e. The lowest BCUT2D eigenvalue weighted by Crippen LogP contribution is -2.29. The average molecular weight is 407 g/mol. The van der Waals surface area contributed by atoms with E-state index in [0.717, 1.165) is 11.1 Å². The molecule has 0 fully saturated rings. The second-order valence-electron chi connectivity index (χ2n) is 7.09. The number of nitrogens with zero attached hydrogens (tertiary/aromatic N) is 1. The first-order valence-electron chi connectivity index (χ1n) is 9.53. The molecule has 1 aliphatic heterocycles. The van der Waals surface area contributed by atoms with E-state index in [4.69, 9.17) is 0 Å². The third-order valence-electron chi connectivity index (χ3n) is 5.17. The maximum Gasteiger partial charge on any atom is 0.264 e. The topological polar surface area (TPSA) is 66.5 Å². The summed E-state index contributed by atoms with van der Waals surface area (Å²) in [5.74, 6) is -0.173. The monoisotopic (exact) mass is 406 g/mol. The molecular formula is C23H22N2O3S. The van der Waals surface area contributed by atoms with Gasteiger partial charge >= 0.3 is 0 Å². The Bertz CT molecular complexity index is 1130. The number of carbonyl (C=O) groups excluding carboxylic acids is 1. The van der Waals surface area contributed by atoms with Gasteiger partial charge in [0.2, 0.25) is 0 Å². The van der Waals surface area contributed by atoms with Crippen molar-refractivity contribution in [3.8, 4) is 0 Å². The molecule has 5 nitrogen and oxygen atoms in total. The molecule has 1 heterocycles. The molecule has 1 N–H and O–H groups in total. The van der Waals surface area contributed by atoms with Crippen LogP contribution in [0, 0.1) is 0 Å². The molecule has 3 aromatic carbocycles.